The van der Waals surface area contributed by atoms with E-state index < -0.39 is 16.5 Å². The largest absolute Gasteiger partial charge is 0.652 e. The maximum Gasteiger partial charge on any atom is 0.652 e. The standard InChI is InChI=1S/C3H9ClO5SSi/c1-7-11(8-2,9-3)10(4,5)6/h1-3H3. The van der Waals surface area contributed by atoms with E-state index in [1.54, 1.807) is 0 Å². The normalized spacial score (nSPS) is 13.5. The number of halogens is 1. The Morgan fingerprint density at radius 2 is 1.36 bits per heavy atom. The van der Waals surface area contributed by atoms with Crippen LogP contribution in [0, 0.1) is 0 Å². The predicted molar refractivity (Wildman–Crippen MR) is 41.6 cm³/mol. The van der Waals surface area contributed by atoms with Gasteiger partial charge in [-0.15, -0.1) is 0 Å². The van der Waals surface area contributed by atoms with Gasteiger partial charge in [-0.2, -0.15) is 0 Å². The quantitative estimate of drug-likeness (QED) is 0.490. The molecule has 0 aliphatic carbocycles. The summed E-state index contributed by atoms with van der Waals surface area (Å²) in [4.78, 5) is 0. The highest BCUT2D eigenvalue weighted by molar-refractivity contribution is 8.36. The summed E-state index contributed by atoms with van der Waals surface area (Å²) >= 11 is 0. The molecule has 0 amide bonds. The molecule has 0 aromatic heterocycles. The first-order valence-corrected chi connectivity index (χ1v) is 7.29. The monoisotopic (exact) mass is 220 g/mol. The minimum absolute atomic E-state index is 1.17. The number of hydrogen-bond donors (Lipinski definition) is 0. The fourth-order valence-electron chi connectivity index (χ4n) is 0.549. The van der Waals surface area contributed by atoms with Crippen molar-refractivity contribution < 1.29 is 21.7 Å². The van der Waals surface area contributed by atoms with Crippen molar-refractivity contribution in [1.82, 2.24) is 0 Å². The summed E-state index contributed by atoms with van der Waals surface area (Å²) in [7, 11) is 0.899. The minimum Gasteiger partial charge on any atom is -0.365 e. The van der Waals surface area contributed by atoms with Gasteiger partial charge in [-0.25, -0.2) is 8.42 Å². The summed E-state index contributed by atoms with van der Waals surface area (Å²) in [6.45, 7) is 0. The van der Waals surface area contributed by atoms with Gasteiger partial charge in [-0.1, -0.05) is 0 Å². The molecule has 0 atom stereocenters. The Hall–Kier alpha value is 0.337. The van der Waals surface area contributed by atoms with Crippen LogP contribution in [0.25, 0.3) is 0 Å². The van der Waals surface area contributed by atoms with Gasteiger partial charge in [0.2, 0.25) is 0 Å². The molecule has 0 aliphatic rings. The van der Waals surface area contributed by atoms with Crippen LogP contribution in [0.3, 0.4) is 0 Å². The molecule has 0 unspecified atom stereocenters. The zero-order valence-corrected chi connectivity index (χ0v) is 8.90. The Labute approximate surface area is 70.6 Å². The van der Waals surface area contributed by atoms with Crippen LogP contribution >= 0.6 is 10.7 Å². The second-order valence-corrected chi connectivity index (χ2v) is 9.76. The van der Waals surface area contributed by atoms with Gasteiger partial charge in [-0.3, -0.25) is 0 Å². The summed E-state index contributed by atoms with van der Waals surface area (Å²) in [5, 5.41) is 0. The van der Waals surface area contributed by atoms with Gasteiger partial charge in [-0.05, 0) is 0 Å². The molecule has 0 rings (SSSR count). The van der Waals surface area contributed by atoms with Crippen LogP contribution in [0.4, 0.5) is 0 Å². The van der Waals surface area contributed by atoms with Gasteiger partial charge in [0.05, 0.1) is 0 Å². The molecule has 5 nitrogen and oxygen atoms in total. The Balaban J connectivity index is 4.86. The van der Waals surface area contributed by atoms with E-state index >= 15 is 0 Å². The van der Waals surface area contributed by atoms with Gasteiger partial charge in [0.1, 0.15) is 0 Å². The lowest BCUT2D eigenvalue weighted by Gasteiger charge is -2.19. The zero-order valence-electron chi connectivity index (χ0n) is 6.33. The molecule has 0 aliphatic heterocycles. The third-order valence-corrected chi connectivity index (χ3v) is 8.14. The van der Waals surface area contributed by atoms with E-state index in [0.29, 0.717) is 0 Å². The molecule has 0 radical (unpaired) electrons. The Bertz CT molecular complexity index is 202. The average molecular weight is 221 g/mol. The predicted octanol–water partition coefficient (Wildman–Crippen LogP) is -0.0702. The first-order valence-electron chi connectivity index (χ1n) is 2.53. The smallest absolute Gasteiger partial charge is 0.365 e. The fraction of sp³-hybridized carbons (Fsp3) is 1.00. The van der Waals surface area contributed by atoms with Crippen molar-refractivity contribution >= 4 is 27.1 Å². The van der Waals surface area contributed by atoms with Gasteiger partial charge < -0.3 is 13.3 Å². The molecule has 0 spiro atoms. The Morgan fingerprint density at radius 1 is 1.09 bits per heavy atom. The maximum atomic E-state index is 10.8. The number of hydrogen-bond acceptors (Lipinski definition) is 5. The minimum atomic E-state index is -3.93. The van der Waals surface area contributed by atoms with Crippen molar-refractivity contribution in [3.63, 3.8) is 0 Å². The van der Waals surface area contributed by atoms with E-state index in [1.165, 1.54) is 21.3 Å². The van der Waals surface area contributed by atoms with E-state index in [4.69, 9.17) is 10.7 Å². The molecule has 11 heavy (non-hydrogen) atoms. The van der Waals surface area contributed by atoms with Crippen molar-refractivity contribution in [2.24, 2.45) is 0 Å². The number of rotatable bonds is 4. The van der Waals surface area contributed by atoms with Crippen molar-refractivity contribution in [2.45, 2.75) is 0 Å². The van der Waals surface area contributed by atoms with Crippen LogP contribution in [-0.4, -0.2) is 37.7 Å². The summed E-state index contributed by atoms with van der Waals surface area (Å²) in [6, 6.07) is 0. The second kappa shape index (κ2) is 3.83. The highest BCUT2D eigenvalue weighted by atomic mass is 35.7. The average Bonchev–Trinajstić information content (AvgIpc) is 1.90. The zero-order chi connectivity index (χ0) is 9.12. The highest BCUT2D eigenvalue weighted by Gasteiger charge is 2.54. The molecule has 0 saturated carbocycles. The SMILES string of the molecule is CO[Si](OC)(OC)S(=O)(=O)Cl. The molecule has 0 fully saturated rings. The topological polar surface area (TPSA) is 61.8 Å². The molecule has 8 heteroatoms. The van der Waals surface area contributed by atoms with Gasteiger partial charge >= 0.3 is 7.95 Å². The van der Waals surface area contributed by atoms with E-state index in [1.807, 2.05) is 0 Å². The third-order valence-electron chi connectivity index (χ3n) is 1.05. The summed E-state index contributed by atoms with van der Waals surface area (Å²) in [5.41, 5.74) is 0. The van der Waals surface area contributed by atoms with E-state index in [9.17, 15) is 8.42 Å². The van der Waals surface area contributed by atoms with Gasteiger partial charge in [0, 0.05) is 32.0 Å². The highest BCUT2D eigenvalue weighted by Crippen LogP contribution is 2.18. The lowest BCUT2D eigenvalue weighted by atomic mass is 11.8. The molecule has 0 N–H and O–H groups in total. The van der Waals surface area contributed by atoms with Crippen LogP contribution in [0.2, 0.25) is 0 Å². The van der Waals surface area contributed by atoms with Gasteiger partial charge in [0.25, 0.3) is 8.50 Å². The summed E-state index contributed by atoms with van der Waals surface area (Å²) in [5.74, 6) is 0. The molecule has 0 aromatic rings. The van der Waals surface area contributed by atoms with Crippen molar-refractivity contribution in [3.8, 4) is 0 Å². The first-order chi connectivity index (χ1) is 4.93. The summed E-state index contributed by atoms with van der Waals surface area (Å²) in [6.07, 6.45) is 0. The van der Waals surface area contributed by atoms with Crippen molar-refractivity contribution in [2.75, 3.05) is 21.3 Å². The summed E-state index contributed by atoms with van der Waals surface area (Å²) < 4.78 is 35.3. The first kappa shape index (κ1) is 11.3. The van der Waals surface area contributed by atoms with E-state index in [-0.39, 0.29) is 0 Å². The molecular weight excluding hydrogens is 212 g/mol. The van der Waals surface area contributed by atoms with E-state index in [0.717, 1.165) is 0 Å². The molecular formula is C3H9ClO5SSi. The molecule has 0 heterocycles. The molecule has 0 aromatic carbocycles. The van der Waals surface area contributed by atoms with Crippen molar-refractivity contribution in [3.05, 3.63) is 0 Å². The Morgan fingerprint density at radius 3 is 1.36 bits per heavy atom. The molecule has 0 bridgehead atoms. The van der Waals surface area contributed by atoms with Crippen LogP contribution in [0.5, 0.6) is 0 Å². The van der Waals surface area contributed by atoms with Crippen LogP contribution in [0.15, 0.2) is 0 Å². The lowest BCUT2D eigenvalue weighted by Crippen LogP contribution is -2.48. The molecule has 68 valence electrons. The van der Waals surface area contributed by atoms with Crippen LogP contribution in [0.1, 0.15) is 0 Å². The van der Waals surface area contributed by atoms with Gasteiger partial charge in [0.15, 0.2) is 0 Å². The van der Waals surface area contributed by atoms with Crippen molar-refractivity contribution in [1.29, 1.82) is 0 Å². The lowest BCUT2D eigenvalue weighted by molar-refractivity contribution is 0.149. The van der Waals surface area contributed by atoms with Crippen LogP contribution < -0.4 is 0 Å². The molecule has 0 saturated heterocycles. The Kier molecular flexibility index (Phi) is 3.95. The van der Waals surface area contributed by atoms with Crippen LogP contribution in [-0.2, 0) is 21.8 Å². The van der Waals surface area contributed by atoms with E-state index in [2.05, 4.69) is 13.3 Å². The maximum absolute atomic E-state index is 10.8. The third kappa shape index (κ3) is 2.14. The fourth-order valence-corrected chi connectivity index (χ4v) is 5.14. The second-order valence-electron chi connectivity index (χ2n) is 1.55.